The largest absolute Gasteiger partial charge is 0.499 e. The van der Waals surface area contributed by atoms with Crippen molar-refractivity contribution in [1.82, 2.24) is 0 Å². The van der Waals surface area contributed by atoms with Gasteiger partial charge in [-0.1, -0.05) is 12.7 Å². The van der Waals surface area contributed by atoms with Gasteiger partial charge in [0, 0.05) is 6.61 Å². The standard InChI is InChI=1S/C16H36O4Si3/c1-9-10-12-17-14-15-18-13-11-16-22(5,6)20-23(7,8)19-21(2,3)4/h9-10,12H,1,11,13-16H2,2-8H3. The van der Waals surface area contributed by atoms with Gasteiger partial charge in [-0.2, -0.15) is 0 Å². The summed E-state index contributed by atoms with van der Waals surface area (Å²) in [6.45, 7) is 21.1. The van der Waals surface area contributed by atoms with E-state index >= 15 is 0 Å². The first-order valence-corrected chi connectivity index (χ1v) is 17.7. The van der Waals surface area contributed by atoms with Crippen molar-refractivity contribution in [3.63, 3.8) is 0 Å². The first kappa shape index (κ1) is 22.8. The van der Waals surface area contributed by atoms with E-state index in [2.05, 4.69) is 52.4 Å². The lowest BCUT2D eigenvalue weighted by atomic mass is 10.5. The quantitative estimate of drug-likeness (QED) is 0.199. The first-order valence-electron chi connectivity index (χ1n) is 8.35. The Balaban J connectivity index is 3.91. The molecular weight excluding hydrogens is 340 g/mol. The lowest BCUT2D eigenvalue weighted by Crippen LogP contribution is -2.51. The summed E-state index contributed by atoms with van der Waals surface area (Å²) in [4.78, 5) is 0. The molecule has 0 atom stereocenters. The molecule has 0 rings (SSSR count). The van der Waals surface area contributed by atoms with Crippen molar-refractivity contribution in [2.24, 2.45) is 0 Å². The molecule has 0 radical (unpaired) electrons. The van der Waals surface area contributed by atoms with Crippen molar-refractivity contribution in [2.75, 3.05) is 19.8 Å². The van der Waals surface area contributed by atoms with Gasteiger partial charge < -0.3 is 17.7 Å². The van der Waals surface area contributed by atoms with Crippen LogP contribution in [0.25, 0.3) is 0 Å². The summed E-state index contributed by atoms with van der Waals surface area (Å²) in [7, 11) is -5.27. The molecule has 0 unspecified atom stereocenters. The molecule has 0 aliphatic rings. The Hall–Kier alpha value is -0.189. The third-order valence-electron chi connectivity index (χ3n) is 2.80. The number of hydrogen-bond acceptors (Lipinski definition) is 4. The fourth-order valence-electron chi connectivity index (χ4n) is 2.46. The smallest absolute Gasteiger partial charge is 0.311 e. The topological polar surface area (TPSA) is 36.9 Å². The minimum atomic E-state index is -2.02. The predicted octanol–water partition coefficient (Wildman–Crippen LogP) is 4.88. The van der Waals surface area contributed by atoms with Gasteiger partial charge in [0.1, 0.15) is 6.61 Å². The second kappa shape index (κ2) is 10.6. The molecule has 4 nitrogen and oxygen atoms in total. The molecule has 0 N–H and O–H groups in total. The zero-order valence-electron chi connectivity index (χ0n) is 16.1. The van der Waals surface area contributed by atoms with Crippen LogP contribution in [-0.4, -0.2) is 45.0 Å². The molecule has 0 aromatic heterocycles. The van der Waals surface area contributed by atoms with Crippen LogP contribution in [0.5, 0.6) is 0 Å². The third kappa shape index (κ3) is 15.1. The van der Waals surface area contributed by atoms with Crippen LogP contribution in [0, 0.1) is 0 Å². The maximum atomic E-state index is 6.46. The molecule has 0 saturated heterocycles. The maximum absolute atomic E-state index is 6.46. The Kier molecular flexibility index (Phi) is 10.5. The van der Waals surface area contributed by atoms with E-state index in [0.29, 0.717) is 13.2 Å². The highest BCUT2D eigenvalue weighted by Gasteiger charge is 2.37. The predicted molar refractivity (Wildman–Crippen MR) is 106 cm³/mol. The zero-order chi connectivity index (χ0) is 18.0. The summed E-state index contributed by atoms with van der Waals surface area (Å²) < 4.78 is 23.6. The Morgan fingerprint density at radius 1 is 0.870 bits per heavy atom. The van der Waals surface area contributed by atoms with E-state index < -0.39 is 25.2 Å². The fraction of sp³-hybridized carbons (Fsp3) is 0.750. The second-order valence-corrected chi connectivity index (χ2v) is 20.3. The minimum Gasteiger partial charge on any atom is -0.499 e. The van der Waals surface area contributed by atoms with Crippen LogP contribution in [0.1, 0.15) is 6.42 Å². The lowest BCUT2D eigenvalue weighted by molar-refractivity contribution is 0.0849. The van der Waals surface area contributed by atoms with E-state index in [1.807, 2.05) is 0 Å². The van der Waals surface area contributed by atoms with Crippen LogP contribution in [0.2, 0.25) is 51.9 Å². The third-order valence-corrected chi connectivity index (χ3v) is 12.9. The minimum absolute atomic E-state index is 0.575. The van der Waals surface area contributed by atoms with Crippen molar-refractivity contribution in [1.29, 1.82) is 0 Å². The van der Waals surface area contributed by atoms with E-state index in [9.17, 15) is 0 Å². The second-order valence-electron chi connectivity index (χ2n) is 7.63. The number of ether oxygens (including phenoxy) is 2. The number of hydrogen-bond donors (Lipinski definition) is 0. The van der Waals surface area contributed by atoms with E-state index in [1.54, 1.807) is 18.4 Å². The molecular formula is C16H36O4Si3. The Bertz CT molecular complexity index is 363. The van der Waals surface area contributed by atoms with E-state index in [-0.39, 0.29) is 0 Å². The molecule has 0 aliphatic carbocycles. The normalized spacial score (nSPS) is 13.5. The molecule has 0 bridgehead atoms. The summed E-state index contributed by atoms with van der Waals surface area (Å²) in [6, 6.07) is 1.09. The van der Waals surface area contributed by atoms with Crippen LogP contribution in [0.3, 0.4) is 0 Å². The summed E-state index contributed by atoms with van der Waals surface area (Å²) in [5.74, 6) is 0. The van der Waals surface area contributed by atoms with Crippen molar-refractivity contribution >= 4 is 25.2 Å². The Morgan fingerprint density at radius 2 is 1.52 bits per heavy atom. The summed E-state index contributed by atoms with van der Waals surface area (Å²) in [6.07, 6.45) is 6.11. The molecule has 136 valence electrons. The molecule has 0 saturated carbocycles. The van der Waals surface area contributed by atoms with Crippen molar-refractivity contribution in [3.8, 4) is 0 Å². The Labute approximate surface area is 146 Å². The maximum Gasteiger partial charge on any atom is 0.311 e. The van der Waals surface area contributed by atoms with Crippen LogP contribution >= 0.6 is 0 Å². The molecule has 0 spiro atoms. The molecule has 23 heavy (non-hydrogen) atoms. The summed E-state index contributed by atoms with van der Waals surface area (Å²) in [5.41, 5.74) is 0. The average Bonchev–Trinajstić information content (AvgIpc) is 2.32. The molecule has 0 amide bonds. The van der Waals surface area contributed by atoms with Gasteiger partial charge in [-0.3, -0.25) is 0 Å². The van der Waals surface area contributed by atoms with Crippen molar-refractivity contribution in [2.45, 2.75) is 58.3 Å². The monoisotopic (exact) mass is 376 g/mol. The van der Waals surface area contributed by atoms with Gasteiger partial charge in [0.05, 0.1) is 12.9 Å². The summed E-state index contributed by atoms with van der Waals surface area (Å²) >= 11 is 0. The average molecular weight is 377 g/mol. The highest BCUT2D eigenvalue weighted by Crippen LogP contribution is 2.23. The van der Waals surface area contributed by atoms with Crippen LogP contribution < -0.4 is 0 Å². The van der Waals surface area contributed by atoms with E-state index in [4.69, 9.17) is 17.7 Å². The van der Waals surface area contributed by atoms with Gasteiger partial charge in [-0.25, -0.2) is 0 Å². The molecule has 0 fully saturated rings. The van der Waals surface area contributed by atoms with Crippen molar-refractivity contribution in [3.05, 3.63) is 25.0 Å². The van der Waals surface area contributed by atoms with Gasteiger partial charge in [-0.15, -0.1) is 0 Å². The molecule has 0 heterocycles. The van der Waals surface area contributed by atoms with Gasteiger partial charge >= 0.3 is 8.56 Å². The highest BCUT2D eigenvalue weighted by atomic mass is 28.5. The first-order chi connectivity index (χ1) is 10.5. The lowest BCUT2D eigenvalue weighted by Gasteiger charge is -2.37. The molecule has 0 aromatic rings. The SMILES string of the molecule is C=CC=COCCOCCC[Si](C)(C)O[Si](C)(C)O[Si](C)(C)C. The van der Waals surface area contributed by atoms with Gasteiger partial charge in [-0.05, 0) is 64.4 Å². The van der Waals surface area contributed by atoms with Crippen LogP contribution in [0.4, 0.5) is 0 Å². The zero-order valence-corrected chi connectivity index (χ0v) is 19.1. The molecule has 7 heteroatoms. The number of allylic oxidation sites excluding steroid dienone is 2. The van der Waals surface area contributed by atoms with Crippen LogP contribution in [0.15, 0.2) is 25.0 Å². The van der Waals surface area contributed by atoms with Crippen molar-refractivity contribution < 1.29 is 17.7 Å². The van der Waals surface area contributed by atoms with Gasteiger partial charge in [0.25, 0.3) is 0 Å². The highest BCUT2D eigenvalue weighted by molar-refractivity contribution is 6.87. The van der Waals surface area contributed by atoms with Gasteiger partial charge in [0.2, 0.25) is 0 Å². The molecule has 0 aliphatic heterocycles. The number of rotatable bonds is 13. The fourth-order valence-corrected chi connectivity index (χ4v) is 15.6. The van der Waals surface area contributed by atoms with Crippen LogP contribution in [-0.2, 0) is 17.7 Å². The van der Waals surface area contributed by atoms with Gasteiger partial charge in [0.15, 0.2) is 16.6 Å². The summed E-state index contributed by atoms with van der Waals surface area (Å²) in [5, 5.41) is 0. The van der Waals surface area contributed by atoms with E-state index in [1.165, 1.54) is 0 Å². The Morgan fingerprint density at radius 3 is 2.09 bits per heavy atom. The molecule has 0 aromatic carbocycles. The van der Waals surface area contributed by atoms with E-state index in [0.717, 1.165) is 19.1 Å².